The zero-order chi connectivity index (χ0) is 21.6. The lowest BCUT2D eigenvalue weighted by atomic mass is 10.1. The van der Waals surface area contributed by atoms with Crippen LogP contribution in [0.15, 0.2) is 42.5 Å². The molecule has 1 atom stereocenters. The molecule has 1 N–H and O–H groups in total. The quantitative estimate of drug-likeness (QED) is 0.731. The Hall–Kier alpha value is -2.57. The number of nitrogens with zero attached hydrogens (tertiary/aromatic N) is 2. The third-order valence-electron chi connectivity index (χ3n) is 6.22. The molecular formula is C25H33N3O3. The minimum absolute atomic E-state index is 0.113. The fourth-order valence-electron chi connectivity index (χ4n) is 4.17. The van der Waals surface area contributed by atoms with Crippen molar-refractivity contribution < 1.29 is 14.3 Å². The number of hydrogen-bond acceptors (Lipinski definition) is 5. The van der Waals surface area contributed by atoms with E-state index in [4.69, 9.17) is 9.47 Å². The first-order valence-electron chi connectivity index (χ1n) is 11.4. The van der Waals surface area contributed by atoms with Crippen molar-refractivity contribution in [3.63, 3.8) is 0 Å². The molecule has 0 aliphatic carbocycles. The van der Waals surface area contributed by atoms with E-state index in [1.807, 2.05) is 25.1 Å². The fourth-order valence-corrected chi connectivity index (χ4v) is 4.17. The normalized spacial score (nSPS) is 19.4. The summed E-state index contributed by atoms with van der Waals surface area (Å²) >= 11 is 0. The predicted octanol–water partition coefficient (Wildman–Crippen LogP) is 3.95. The molecule has 2 aromatic rings. The molecule has 1 amide bonds. The van der Waals surface area contributed by atoms with Crippen molar-refractivity contribution in [2.24, 2.45) is 0 Å². The highest BCUT2D eigenvalue weighted by atomic mass is 16.5. The van der Waals surface area contributed by atoms with Crippen molar-refractivity contribution in [2.75, 3.05) is 56.2 Å². The summed E-state index contributed by atoms with van der Waals surface area (Å²) in [6, 6.07) is 13.6. The van der Waals surface area contributed by atoms with Gasteiger partial charge in [0.2, 0.25) is 0 Å². The van der Waals surface area contributed by atoms with Crippen LogP contribution in [0.4, 0.5) is 11.4 Å². The van der Waals surface area contributed by atoms with Gasteiger partial charge in [-0.2, -0.15) is 0 Å². The number of aryl methyl sites for hydroxylation is 1. The third-order valence-corrected chi connectivity index (χ3v) is 6.22. The lowest BCUT2D eigenvalue weighted by Gasteiger charge is -2.35. The third kappa shape index (κ3) is 5.57. The van der Waals surface area contributed by atoms with E-state index in [0.29, 0.717) is 12.2 Å². The van der Waals surface area contributed by atoms with Gasteiger partial charge in [-0.3, -0.25) is 4.79 Å². The first kappa shape index (κ1) is 21.7. The Balaban J connectivity index is 1.32. The number of carbonyl (C=O) groups excluding carboxylic acids is 1. The summed E-state index contributed by atoms with van der Waals surface area (Å²) in [7, 11) is 0. The largest absolute Gasteiger partial charge is 0.491 e. The summed E-state index contributed by atoms with van der Waals surface area (Å²) in [5.74, 6) is 0.647. The van der Waals surface area contributed by atoms with Gasteiger partial charge in [-0.25, -0.2) is 0 Å². The van der Waals surface area contributed by atoms with Gasteiger partial charge in [-0.05, 0) is 74.3 Å². The molecule has 0 spiro atoms. The molecule has 2 aromatic carbocycles. The van der Waals surface area contributed by atoms with Crippen molar-refractivity contribution in [1.82, 2.24) is 4.90 Å². The molecule has 4 rings (SSSR count). The number of carbonyl (C=O) groups is 1. The van der Waals surface area contributed by atoms with Crippen LogP contribution in [0.5, 0.6) is 5.75 Å². The molecule has 2 aliphatic rings. The zero-order valence-electron chi connectivity index (χ0n) is 18.6. The zero-order valence-corrected chi connectivity index (χ0v) is 18.6. The maximum Gasteiger partial charge on any atom is 0.255 e. The highest BCUT2D eigenvalue weighted by Crippen LogP contribution is 2.25. The standard InChI is InChI=1S/C25H33N3O3/c1-3-27-12-14-28(15-13-27)21-8-11-24(19(2)17-21)26-25(29)20-6-9-22(10-7-20)31-18-23-5-4-16-30-23/h6-11,17,23H,3-5,12-16,18H2,1-2H3,(H,26,29). The van der Waals surface area contributed by atoms with Gasteiger partial charge in [0.1, 0.15) is 12.4 Å². The molecule has 0 radical (unpaired) electrons. The van der Waals surface area contributed by atoms with Crippen LogP contribution < -0.4 is 15.0 Å². The van der Waals surface area contributed by atoms with Crippen LogP contribution in [0.25, 0.3) is 0 Å². The summed E-state index contributed by atoms with van der Waals surface area (Å²) in [5, 5.41) is 3.04. The van der Waals surface area contributed by atoms with Crippen molar-refractivity contribution in [2.45, 2.75) is 32.8 Å². The number of amides is 1. The van der Waals surface area contributed by atoms with Gasteiger partial charge >= 0.3 is 0 Å². The second-order valence-corrected chi connectivity index (χ2v) is 8.35. The number of nitrogens with one attached hydrogen (secondary N) is 1. The maximum atomic E-state index is 12.7. The lowest BCUT2D eigenvalue weighted by Crippen LogP contribution is -2.46. The van der Waals surface area contributed by atoms with Crippen LogP contribution in [0.3, 0.4) is 0 Å². The molecule has 2 fully saturated rings. The average Bonchev–Trinajstić information content (AvgIpc) is 3.33. The Morgan fingerprint density at radius 1 is 1.13 bits per heavy atom. The van der Waals surface area contributed by atoms with Crippen molar-refractivity contribution in [1.29, 1.82) is 0 Å². The first-order valence-corrected chi connectivity index (χ1v) is 11.4. The van der Waals surface area contributed by atoms with Gasteiger partial charge in [0.05, 0.1) is 6.10 Å². The van der Waals surface area contributed by atoms with E-state index < -0.39 is 0 Å². The van der Waals surface area contributed by atoms with Crippen LogP contribution in [0.2, 0.25) is 0 Å². The molecule has 2 heterocycles. The van der Waals surface area contributed by atoms with Gasteiger partial charge in [-0.1, -0.05) is 6.92 Å². The number of hydrogen-bond donors (Lipinski definition) is 1. The van der Waals surface area contributed by atoms with Crippen LogP contribution in [0, 0.1) is 6.92 Å². The van der Waals surface area contributed by atoms with Gasteiger partial charge in [0.25, 0.3) is 5.91 Å². The Morgan fingerprint density at radius 2 is 1.90 bits per heavy atom. The number of ether oxygens (including phenoxy) is 2. The van der Waals surface area contributed by atoms with Crippen molar-refractivity contribution in [3.8, 4) is 5.75 Å². The number of likely N-dealkylation sites (N-methyl/N-ethyl adjacent to an activating group) is 1. The topological polar surface area (TPSA) is 54.0 Å². The fraction of sp³-hybridized carbons (Fsp3) is 0.480. The van der Waals surface area contributed by atoms with E-state index >= 15 is 0 Å². The molecule has 6 heteroatoms. The lowest BCUT2D eigenvalue weighted by molar-refractivity contribution is 0.0679. The number of anilines is 2. The van der Waals surface area contributed by atoms with Crippen LogP contribution in [0.1, 0.15) is 35.7 Å². The summed E-state index contributed by atoms with van der Waals surface area (Å²) < 4.78 is 11.4. The van der Waals surface area contributed by atoms with Crippen LogP contribution >= 0.6 is 0 Å². The average molecular weight is 424 g/mol. The van der Waals surface area contributed by atoms with Gasteiger partial charge in [-0.15, -0.1) is 0 Å². The highest BCUT2D eigenvalue weighted by Gasteiger charge is 2.18. The molecule has 31 heavy (non-hydrogen) atoms. The Kier molecular flexibility index (Phi) is 7.10. The molecule has 2 saturated heterocycles. The predicted molar refractivity (Wildman–Crippen MR) is 124 cm³/mol. The van der Waals surface area contributed by atoms with E-state index in [9.17, 15) is 4.79 Å². The van der Waals surface area contributed by atoms with E-state index in [2.05, 4.69) is 34.2 Å². The monoisotopic (exact) mass is 423 g/mol. The minimum atomic E-state index is -0.113. The molecule has 0 bridgehead atoms. The summed E-state index contributed by atoms with van der Waals surface area (Å²) in [6.45, 7) is 11.0. The minimum Gasteiger partial charge on any atom is -0.491 e. The second-order valence-electron chi connectivity index (χ2n) is 8.35. The number of rotatable bonds is 7. The number of piperazine rings is 1. The molecule has 2 aliphatic heterocycles. The van der Waals surface area contributed by atoms with Crippen molar-refractivity contribution in [3.05, 3.63) is 53.6 Å². The first-order chi connectivity index (χ1) is 15.1. The number of benzene rings is 2. The molecule has 0 saturated carbocycles. The highest BCUT2D eigenvalue weighted by molar-refractivity contribution is 6.04. The maximum absolute atomic E-state index is 12.7. The van der Waals surface area contributed by atoms with Gasteiger partial charge < -0.3 is 24.6 Å². The molecule has 1 unspecified atom stereocenters. The molecule has 166 valence electrons. The van der Waals surface area contributed by atoms with Crippen LogP contribution in [-0.2, 0) is 4.74 Å². The van der Waals surface area contributed by atoms with Gasteiger partial charge in [0, 0.05) is 49.7 Å². The van der Waals surface area contributed by atoms with E-state index in [0.717, 1.165) is 69.2 Å². The Labute approximate surface area is 185 Å². The van der Waals surface area contributed by atoms with E-state index in [-0.39, 0.29) is 12.0 Å². The summed E-state index contributed by atoms with van der Waals surface area (Å²) in [5.41, 5.74) is 3.75. The Morgan fingerprint density at radius 3 is 2.55 bits per heavy atom. The SMILES string of the molecule is CCN1CCN(c2ccc(NC(=O)c3ccc(OCC4CCCO4)cc3)c(C)c2)CC1. The second kappa shape index (κ2) is 10.2. The Bertz CT molecular complexity index is 870. The molecule has 0 aromatic heterocycles. The van der Waals surface area contributed by atoms with E-state index in [1.165, 1.54) is 5.69 Å². The van der Waals surface area contributed by atoms with E-state index in [1.54, 1.807) is 12.1 Å². The van der Waals surface area contributed by atoms with Crippen LogP contribution in [-0.4, -0.2) is 62.8 Å². The smallest absolute Gasteiger partial charge is 0.255 e. The summed E-state index contributed by atoms with van der Waals surface area (Å²) in [6.07, 6.45) is 2.33. The molecule has 6 nitrogen and oxygen atoms in total. The van der Waals surface area contributed by atoms with Gasteiger partial charge in [0.15, 0.2) is 0 Å². The van der Waals surface area contributed by atoms with Crippen molar-refractivity contribution >= 4 is 17.3 Å². The molecular weight excluding hydrogens is 390 g/mol. The summed E-state index contributed by atoms with van der Waals surface area (Å²) in [4.78, 5) is 17.6.